The molecule has 1 fully saturated rings. The molecule has 0 bridgehead atoms. The van der Waals surface area contributed by atoms with E-state index in [9.17, 15) is 0 Å². The maximum atomic E-state index is 8.29. The van der Waals surface area contributed by atoms with Crippen LogP contribution in [0.2, 0.25) is 0 Å². The summed E-state index contributed by atoms with van der Waals surface area (Å²) in [5.41, 5.74) is 1.07. The molecule has 1 rings (SSSR count). The molecule has 0 saturated heterocycles. The predicted octanol–water partition coefficient (Wildman–Crippen LogP) is 2.97. The minimum atomic E-state index is 0.719. The molecule has 0 aromatic heterocycles. The minimum absolute atomic E-state index is 0.719. The molecule has 12 heavy (non-hydrogen) atoms. The molecule has 0 aliphatic heterocycles. The Labute approximate surface area is 74.0 Å². The Kier molecular flexibility index (Phi) is 3.85. The normalized spacial score (nSPS) is 21.9. The van der Waals surface area contributed by atoms with E-state index >= 15 is 0 Å². The molecule has 2 heteroatoms. The van der Waals surface area contributed by atoms with Crippen molar-refractivity contribution in [2.75, 3.05) is 0 Å². The summed E-state index contributed by atoms with van der Waals surface area (Å²) in [5.74, 6) is 0.719. The molecule has 0 unspecified atom stereocenters. The minimum Gasteiger partial charge on any atom is -0.411 e. The summed E-state index contributed by atoms with van der Waals surface area (Å²) < 4.78 is 0. The molecule has 1 aliphatic rings. The fourth-order valence-electron chi connectivity index (χ4n) is 1.81. The van der Waals surface area contributed by atoms with E-state index in [1.54, 1.807) is 0 Å². The lowest BCUT2D eigenvalue weighted by molar-refractivity contribution is 0.321. The molecule has 0 aromatic carbocycles. The van der Waals surface area contributed by atoms with Gasteiger partial charge in [0.05, 0.1) is 6.21 Å². The van der Waals surface area contributed by atoms with Gasteiger partial charge in [-0.1, -0.05) is 30.5 Å². The summed E-state index contributed by atoms with van der Waals surface area (Å²) in [7, 11) is 0. The molecular weight excluding hydrogens is 150 g/mol. The van der Waals surface area contributed by atoms with Gasteiger partial charge in [-0.3, -0.25) is 0 Å². The highest BCUT2D eigenvalue weighted by Crippen LogP contribution is 2.25. The quantitative estimate of drug-likeness (QED) is 0.383. The van der Waals surface area contributed by atoms with Crippen LogP contribution in [0.4, 0.5) is 0 Å². The van der Waals surface area contributed by atoms with Crippen LogP contribution >= 0.6 is 0 Å². The van der Waals surface area contributed by atoms with Crippen LogP contribution < -0.4 is 0 Å². The van der Waals surface area contributed by atoms with Crippen molar-refractivity contribution in [3.05, 3.63) is 11.6 Å². The first kappa shape index (κ1) is 9.30. The van der Waals surface area contributed by atoms with Crippen LogP contribution in [0, 0.1) is 5.92 Å². The molecule has 0 aromatic rings. The van der Waals surface area contributed by atoms with Crippen LogP contribution in [0.15, 0.2) is 16.8 Å². The van der Waals surface area contributed by atoms with Crippen molar-refractivity contribution in [1.29, 1.82) is 0 Å². The molecule has 0 radical (unpaired) electrons. The topological polar surface area (TPSA) is 32.6 Å². The highest BCUT2D eigenvalue weighted by Gasteiger charge is 2.10. The average molecular weight is 167 g/mol. The zero-order valence-electron chi connectivity index (χ0n) is 7.66. The van der Waals surface area contributed by atoms with Crippen LogP contribution in [0.1, 0.15) is 39.0 Å². The second kappa shape index (κ2) is 4.96. The Balaban J connectivity index is 2.41. The van der Waals surface area contributed by atoms with Crippen LogP contribution in [-0.4, -0.2) is 11.4 Å². The van der Waals surface area contributed by atoms with Crippen molar-refractivity contribution < 1.29 is 5.21 Å². The number of oxime groups is 1. The molecule has 0 spiro atoms. The van der Waals surface area contributed by atoms with E-state index in [-0.39, 0.29) is 0 Å². The lowest BCUT2D eigenvalue weighted by atomic mass is 9.88. The zero-order valence-corrected chi connectivity index (χ0v) is 7.66. The van der Waals surface area contributed by atoms with Crippen molar-refractivity contribution in [2.24, 2.45) is 11.1 Å². The van der Waals surface area contributed by atoms with Crippen LogP contribution in [0.25, 0.3) is 0 Å². The Morgan fingerprint density at radius 1 is 1.33 bits per heavy atom. The van der Waals surface area contributed by atoms with Gasteiger partial charge in [0.2, 0.25) is 0 Å². The van der Waals surface area contributed by atoms with Crippen molar-refractivity contribution in [1.82, 2.24) is 0 Å². The lowest BCUT2D eigenvalue weighted by Gasteiger charge is -2.18. The summed E-state index contributed by atoms with van der Waals surface area (Å²) in [6, 6.07) is 0. The first-order valence-electron chi connectivity index (χ1n) is 4.69. The molecule has 0 amide bonds. The summed E-state index contributed by atoms with van der Waals surface area (Å²) in [6.07, 6.45) is 10.4. The van der Waals surface area contributed by atoms with Gasteiger partial charge in [0, 0.05) is 0 Å². The molecule has 68 valence electrons. The summed E-state index contributed by atoms with van der Waals surface area (Å²) in [4.78, 5) is 0. The Bertz CT molecular complexity index is 178. The molecule has 0 atom stereocenters. The number of hydrogen-bond donors (Lipinski definition) is 1. The number of allylic oxidation sites excluding steroid dienone is 2. The Hall–Kier alpha value is -0.790. The van der Waals surface area contributed by atoms with Gasteiger partial charge in [-0.2, -0.15) is 0 Å². The first-order valence-corrected chi connectivity index (χ1v) is 4.69. The van der Waals surface area contributed by atoms with Gasteiger partial charge in [0.15, 0.2) is 0 Å². The van der Waals surface area contributed by atoms with Gasteiger partial charge in [-0.05, 0) is 31.3 Å². The summed E-state index contributed by atoms with van der Waals surface area (Å²) in [5, 5.41) is 11.3. The van der Waals surface area contributed by atoms with Gasteiger partial charge >= 0.3 is 0 Å². The number of nitrogens with zero attached hydrogens (tertiary/aromatic N) is 1. The van der Waals surface area contributed by atoms with Crippen molar-refractivity contribution in [2.45, 2.75) is 39.0 Å². The maximum absolute atomic E-state index is 8.29. The van der Waals surface area contributed by atoms with E-state index in [1.807, 2.05) is 6.92 Å². The van der Waals surface area contributed by atoms with Gasteiger partial charge in [-0.25, -0.2) is 0 Å². The highest BCUT2D eigenvalue weighted by molar-refractivity contribution is 5.76. The van der Waals surface area contributed by atoms with E-state index in [2.05, 4.69) is 11.2 Å². The van der Waals surface area contributed by atoms with Crippen LogP contribution in [0.3, 0.4) is 0 Å². The largest absolute Gasteiger partial charge is 0.411 e. The molecule has 1 saturated carbocycles. The SMILES string of the molecule is CC(/C=N/O)=C\C1CCCCC1. The molecular formula is C10H17NO. The maximum Gasteiger partial charge on any atom is 0.0687 e. The molecule has 2 nitrogen and oxygen atoms in total. The van der Waals surface area contributed by atoms with Crippen molar-refractivity contribution in [3.8, 4) is 0 Å². The van der Waals surface area contributed by atoms with Crippen molar-refractivity contribution >= 4 is 6.21 Å². The van der Waals surface area contributed by atoms with Crippen LogP contribution in [0.5, 0.6) is 0 Å². The first-order chi connectivity index (χ1) is 5.83. The molecule has 0 heterocycles. The Morgan fingerprint density at radius 2 is 2.00 bits per heavy atom. The van der Waals surface area contributed by atoms with E-state index in [0.717, 1.165) is 11.5 Å². The summed E-state index contributed by atoms with van der Waals surface area (Å²) >= 11 is 0. The van der Waals surface area contributed by atoms with Gasteiger partial charge in [0.1, 0.15) is 0 Å². The zero-order chi connectivity index (χ0) is 8.81. The standard InChI is InChI=1S/C10H17NO/c1-9(8-11-12)7-10-5-3-2-4-6-10/h7-8,10,12H,2-6H2,1H3/b9-7+,11-8+. The number of hydrogen-bond acceptors (Lipinski definition) is 2. The van der Waals surface area contributed by atoms with Gasteiger partial charge in [0.25, 0.3) is 0 Å². The third kappa shape index (κ3) is 3.07. The second-order valence-electron chi connectivity index (χ2n) is 3.55. The molecule has 1 aliphatic carbocycles. The lowest BCUT2D eigenvalue weighted by Crippen LogP contribution is -2.03. The van der Waals surface area contributed by atoms with E-state index < -0.39 is 0 Å². The van der Waals surface area contributed by atoms with Gasteiger partial charge < -0.3 is 5.21 Å². The highest BCUT2D eigenvalue weighted by atomic mass is 16.4. The van der Waals surface area contributed by atoms with E-state index in [1.165, 1.54) is 38.3 Å². The third-order valence-corrected chi connectivity index (χ3v) is 2.41. The van der Waals surface area contributed by atoms with E-state index in [0.29, 0.717) is 0 Å². The second-order valence-corrected chi connectivity index (χ2v) is 3.55. The smallest absolute Gasteiger partial charge is 0.0687 e. The third-order valence-electron chi connectivity index (χ3n) is 2.41. The fraction of sp³-hybridized carbons (Fsp3) is 0.700. The summed E-state index contributed by atoms with van der Waals surface area (Å²) in [6.45, 7) is 1.98. The monoisotopic (exact) mass is 167 g/mol. The van der Waals surface area contributed by atoms with Crippen LogP contribution in [-0.2, 0) is 0 Å². The fourth-order valence-corrected chi connectivity index (χ4v) is 1.81. The average Bonchev–Trinajstić information content (AvgIpc) is 2.06. The number of rotatable bonds is 2. The molecule has 1 N–H and O–H groups in total. The predicted molar refractivity (Wildman–Crippen MR) is 50.6 cm³/mol. The van der Waals surface area contributed by atoms with E-state index in [4.69, 9.17) is 5.21 Å². The van der Waals surface area contributed by atoms with Crippen molar-refractivity contribution in [3.63, 3.8) is 0 Å². The Morgan fingerprint density at radius 3 is 2.58 bits per heavy atom. The van der Waals surface area contributed by atoms with Gasteiger partial charge in [-0.15, -0.1) is 0 Å².